The van der Waals surface area contributed by atoms with Crippen molar-refractivity contribution in [3.63, 3.8) is 0 Å². The molecule has 0 bridgehead atoms. The van der Waals surface area contributed by atoms with Gasteiger partial charge in [0.25, 0.3) is 0 Å². The van der Waals surface area contributed by atoms with Gasteiger partial charge in [0.15, 0.2) is 11.5 Å². The molecule has 1 aliphatic rings. The molecule has 104 valence electrons. The lowest BCUT2D eigenvalue weighted by Gasteiger charge is -2.16. The molecule has 0 aliphatic heterocycles. The molecule has 2 aromatic carbocycles. The molecule has 0 amide bonds. The van der Waals surface area contributed by atoms with Crippen molar-refractivity contribution in [1.82, 2.24) is 0 Å². The Morgan fingerprint density at radius 1 is 1.30 bits per heavy atom. The lowest BCUT2D eigenvalue weighted by molar-refractivity contribution is 0.373. The highest BCUT2D eigenvalue weighted by Gasteiger charge is 2.23. The van der Waals surface area contributed by atoms with Gasteiger partial charge in [-0.05, 0) is 42.2 Å². The maximum Gasteiger partial charge on any atom is 0.160 e. The van der Waals surface area contributed by atoms with E-state index in [0.717, 1.165) is 18.5 Å². The first-order valence-electron chi connectivity index (χ1n) is 6.60. The number of rotatable bonds is 3. The Balaban J connectivity index is 1.84. The van der Waals surface area contributed by atoms with E-state index in [9.17, 15) is 5.11 Å². The highest BCUT2D eigenvalue weighted by molar-refractivity contribution is 9.10. The van der Waals surface area contributed by atoms with E-state index in [1.54, 1.807) is 19.2 Å². The van der Waals surface area contributed by atoms with E-state index in [-0.39, 0.29) is 11.8 Å². The van der Waals surface area contributed by atoms with E-state index in [1.807, 2.05) is 6.07 Å². The Kier molecular flexibility index (Phi) is 3.57. The van der Waals surface area contributed by atoms with Gasteiger partial charge in [-0.15, -0.1) is 0 Å². The minimum absolute atomic E-state index is 0.157. The second-order valence-corrected chi connectivity index (χ2v) is 5.78. The van der Waals surface area contributed by atoms with Gasteiger partial charge < -0.3 is 15.2 Å². The third-order valence-corrected chi connectivity index (χ3v) is 4.48. The number of methoxy groups -OCH3 is 1. The van der Waals surface area contributed by atoms with Crippen LogP contribution in [0.5, 0.6) is 11.5 Å². The lowest BCUT2D eigenvalue weighted by atomic mass is 10.1. The van der Waals surface area contributed by atoms with Crippen molar-refractivity contribution < 1.29 is 9.84 Å². The third-order valence-electron chi connectivity index (χ3n) is 3.73. The largest absolute Gasteiger partial charge is 0.504 e. The summed E-state index contributed by atoms with van der Waals surface area (Å²) in [6.07, 6.45) is 2.13. The molecule has 0 radical (unpaired) electrons. The lowest BCUT2D eigenvalue weighted by Crippen LogP contribution is -2.06. The number of benzene rings is 2. The van der Waals surface area contributed by atoms with Crippen LogP contribution in [-0.2, 0) is 6.42 Å². The number of aromatic hydroxyl groups is 1. The molecule has 20 heavy (non-hydrogen) atoms. The normalized spacial score (nSPS) is 16.8. The van der Waals surface area contributed by atoms with Gasteiger partial charge in [-0.1, -0.05) is 28.1 Å². The van der Waals surface area contributed by atoms with Crippen molar-refractivity contribution in [2.24, 2.45) is 0 Å². The van der Waals surface area contributed by atoms with Crippen LogP contribution in [-0.4, -0.2) is 12.2 Å². The van der Waals surface area contributed by atoms with Crippen molar-refractivity contribution in [2.75, 3.05) is 12.4 Å². The van der Waals surface area contributed by atoms with Crippen LogP contribution in [0.15, 0.2) is 40.9 Å². The molecule has 0 aromatic heterocycles. The Labute approximate surface area is 126 Å². The molecule has 0 spiro atoms. The van der Waals surface area contributed by atoms with E-state index in [1.165, 1.54) is 15.6 Å². The van der Waals surface area contributed by atoms with Crippen LogP contribution in [0.3, 0.4) is 0 Å². The van der Waals surface area contributed by atoms with Gasteiger partial charge in [0.2, 0.25) is 0 Å². The number of fused-ring (bicyclic) bond motifs is 1. The smallest absolute Gasteiger partial charge is 0.160 e. The van der Waals surface area contributed by atoms with Crippen molar-refractivity contribution in [2.45, 2.75) is 18.9 Å². The van der Waals surface area contributed by atoms with Crippen molar-refractivity contribution in [3.05, 3.63) is 52.0 Å². The molecule has 3 nitrogen and oxygen atoms in total. The molecule has 1 atom stereocenters. The highest BCUT2D eigenvalue weighted by atomic mass is 79.9. The average Bonchev–Trinajstić information content (AvgIpc) is 2.84. The van der Waals surface area contributed by atoms with Crippen molar-refractivity contribution in [1.29, 1.82) is 0 Å². The van der Waals surface area contributed by atoms with E-state index >= 15 is 0 Å². The van der Waals surface area contributed by atoms with Gasteiger partial charge in [-0.25, -0.2) is 0 Å². The second kappa shape index (κ2) is 5.37. The summed E-state index contributed by atoms with van der Waals surface area (Å²) in [4.78, 5) is 0. The van der Waals surface area contributed by atoms with Crippen molar-refractivity contribution >= 4 is 21.6 Å². The Bertz CT molecular complexity index is 642. The van der Waals surface area contributed by atoms with Crippen LogP contribution in [0.2, 0.25) is 0 Å². The Morgan fingerprint density at radius 2 is 2.15 bits per heavy atom. The summed E-state index contributed by atoms with van der Waals surface area (Å²) in [5, 5.41) is 13.3. The topological polar surface area (TPSA) is 41.5 Å². The quantitative estimate of drug-likeness (QED) is 0.881. The zero-order chi connectivity index (χ0) is 14.1. The predicted molar refractivity (Wildman–Crippen MR) is 83.5 cm³/mol. The fraction of sp³-hybridized carbons (Fsp3) is 0.250. The highest BCUT2D eigenvalue weighted by Crippen LogP contribution is 2.38. The van der Waals surface area contributed by atoms with Crippen LogP contribution in [0.4, 0.5) is 5.69 Å². The number of hydrogen-bond donors (Lipinski definition) is 2. The Hall–Kier alpha value is -1.68. The molecule has 1 unspecified atom stereocenters. The van der Waals surface area contributed by atoms with Gasteiger partial charge >= 0.3 is 0 Å². The summed E-state index contributed by atoms with van der Waals surface area (Å²) in [5.74, 6) is 0.648. The van der Waals surface area contributed by atoms with E-state index < -0.39 is 0 Å². The van der Waals surface area contributed by atoms with E-state index in [2.05, 4.69) is 39.4 Å². The van der Waals surface area contributed by atoms with Gasteiger partial charge in [0.05, 0.1) is 13.2 Å². The van der Waals surface area contributed by atoms with Gasteiger partial charge in [-0.2, -0.15) is 0 Å². The first-order chi connectivity index (χ1) is 9.69. The van der Waals surface area contributed by atoms with Crippen LogP contribution in [0.1, 0.15) is 23.6 Å². The first kappa shape index (κ1) is 13.3. The molecule has 2 aromatic rings. The monoisotopic (exact) mass is 333 g/mol. The number of phenols is 1. The summed E-state index contributed by atoms with van der Waals surface area (Å²) in [5.41, 5.74) is 3.61. The molecular formula is C16H16BrNO2. The molecular weight excluding hydrogens is 318 g/mol. The fourth-order valence-electron chi connectivity index (χ4n) is 2.74. The van der Waals surface area contributed by atoms with Crippen LogP contribution < -0.4 is 10.1 Å². The van der Waals surface area contributed by atoms with Gasteiger partial charge in [-0.3, -0.25) is 0 Å². The molecule has 0 saturated heterocycles. The van der Waals surface area contributed by atoms with Crippen LogP contribution in [0, 0.1) is 0 Å². The molecule has 3 rings (SSSR count). The molecule has 0 fully saturated rings. The summed E-state index contributed by atoms with van der Waals surface area (Å²) in [6, 6.07) is 12.0. The second-order valence-electron chi connectivity index (χ2n) is 4.93. The number of ether oxygens (including phenoxy) is 1. The summed E-state index contributed by atoms with van der Waals surface area (Å²) >= 11 is 3.61. The summed E-state index contributed by atoms with van der Waals surface area (Å²) in [7, 11) is 1.55. The van der Waals surface area contributed by atoms with Crippen LogP contribution >= 0.6 is 15.9 Å². The number of nitrogens with one attached hydrogen (secondary N) is 1. The molecule has 1 aliphatic carbocycles. The minimum Gasteiger partial charge on any atom is -0.504 e. The molecule has 2 N–H and O–H groups in total. The first-order valence-corrected chi connectivity index (χ1v) is 7.39. The van der Waals surface area contributed by atoms with Crippen molar-refractivity contribution in [3.8, 4) is 11.5 Å². The van der Waals surface area contributed by atoms with Crippen LogP contribution in [0.25, 0.3) is 0 Å². The zero-order valence-electron chi connectivity index (χ0n) is 11.2. The number of hydrogen-bond acceptors (Lipinski definition) is 3. The number of halogens is 1. The maximum atomic E-state index is 9.83. The minimum atomic E-state index is 0.157. The molecule has 0 saturated carbocycles. The predicted octanol–water partition coefficient (Wildman–Crippen LogP) is 4.26. The Morgan fingerprint density at radius 3 is 2.90 bits per heavy atom. The molecule has 4 heteroatoms. The fourth-order valence-corrected chi connectivity index (χ4v) is 3.32. The zero-order valence-corrected chi connectivity index (χ0v) is 12.8. The third kappa shape index (κ3) is 2.36. The van der Waals surface area contributed by atoms with Gasteiger partial charge in [0, 0.05) is 16.2 Å². The number of anilines is 1. The summed E-state index contributed by atoms with van der Waals surface area (Å²) < 4.78 is 6.24. The van der Waals surface area contributed by atoms with Gasteiger partial charge in [0.1, 0.15) is 0 Å². The molecule has 0 heterocycles. The average molecular weight is 334 g/mol. The van der Waals surface area contributed by atoms with E-state index in [0.29, 0.717) is 5.75 Å². The van der Waals surface area contributed by atoms with E-state index in [4.69, 9.17) is 4.74 Å². The summed E-state index contributed by atoms with van der Waals surface area (Å²) in [6.45, 7) is 0. The maximum absolute atomic E-state index is 9.83. The standard InChI is InChI=1S/C16H16BrNO2/c1-20-16-8-5-10(9-15(16)19)18-14-7-6-11-12(14)3-2-4-13(11)17/h2-5,8-9,14,18-19H,6-7H2,1H3. The number of phenolic OH excluding ortho intramolecular Hbond substituents is 1. The SMILES string of the molecule is COc1ccc(NC2CCc3c(Br)cccc32)cc1O.